The summed E-state index contributed by atoms with van der Waals surface area (Å²) in [7, 11) is 0. The Balaban J connectivity index is 0.00000386. The molecule has 0 saturated heterocycles. The largest absolute Gasteiger partial charge is 2.00 e. The predicted octanol–water partition coefficient (Wildman–Crippen LogP) is 10.9. The predicted molar refractivity (Wildman–Crippen MR) is 189 cm³/mol. The number of fused-ring (bicyclic) bond motifs is 3. The molecular formula is C42H37N3OPt. The van der Waals surface area contributed by atoms with Gasteiger partial charge in [-0.25, -0.2) is 4.98 Å². The first-order valence-electron chi connectivity index (χ1n) is 15.7. The van der Waals surface area contributed by atoms with Crippen molar-refractivity contribution >= 4 is 21.8 Å². The van der Waals surface area contributed by atoms with Gasteiger partial charge in [-0.05, 0) is 62.9 Å². The van der Waals surface area contributed by atoms with Crippen molar-refractivity contribution in [2.24, 2.45) is 0 Å². The Morgan fingerprint density at radius 1 is 0.596 bits per heavy atom. The average molecular weight is 795 g/mol. The fourth-order valence-electron chi connectivity index (χ4n) is 5.85. The monoisotopic (exact) mass is 794 g/mol. The number of nitrogens with zero attached hydrogens (tertiary/aromatic N) is 3. The molecule has 0 fully saturated rings. The molecule has 0 aliphatic rings. The van der Waals surface area contributed by atoms with Gasteiger partial charge in [0.15, 0.2) is 0 Å². The van der Waals surface area contributed by atoms with Gasteiger partial charge in [-0.15, -0.1) is 34.7 Å². The van der Waals surface area contributed by atoms with Crippen LogP contribution in [0, 0.1) is 12.1 Å². The maximum atomic E-state index is 6.59. The summed E-state index contributed by atoms with van der Waals surface area (Å²) in [6, 6.07) is 42.7. The summed E-state index contributed by atoms with van der Waals surface area (Å²) >= 11 is 0. The van der Waals surface area contributed by atoms with E-state index in [2.05, 4.69) is 143 Å². The van der Waals surface area contributed by atoms with Gasteiger partial charge in [0.25, 0.3) is 0 Å². The van der Waals surface area contributed by atoms with Crippen LogP contribution < -0.4 is 4.74 Å². The van der Waals surface area contributed by atoms with Gasteiger partial charge in [0.05, 0.1) is 0 Å². The van der Waals surface area contributed by atoms with Gasteiger partial charge in [-0.3, -0.25) is 0 Å². The minimum Gasteiger partial charge on any atom is -0.503 e. The number of aromatic nitrogens is 3. The van der Waals surface area contributed by atoms with Crippen LogP contribution in [0.4, 0.5) is 0 Å². The summed E-state index contributed by atoms with van der Waals surface area (Å²) in [6.07, 6.45) is 3.76. The molecule has 0 bridgehead atoms. The molecule has 0 aliphatic heterocycles. The molecule has 7 aromatic rings. The maximum Gasteiger partial charge on any atom is 2.00 e. The second kappa shape index (κ2) is 12.6. The molecule has 0 aliphatic carbocycles. The molecule has 5 heteroatoms. The molecule has 0 spiro atoms. The third-order valence-corrected chi connectivity index (χ3v) is 8.47. The zero-order valence-corrected chi connectivity index (χ0v) is 29.8. The van der Waals surface area contributed by atoms with Crippen molar-refractivity contribution < 1.29 is 25.8 Å². The fourth-order valence-corrected chi connectivity index (χ4v) is 5.85. The average Bonchev–Trinajstić information content (AvgIpc) is 3.38. The quantitative estimate of drug-likeness (QED) is 0.163. The van der Waals surface area contributed by atoms with Crippen LogP contribution in [0.1, 0.15) is 52.7 Å². The van der Waals surface area contributed by atoms with Gasteiger partial charge >= 0.3 is 21.1 Å². The number of pyridine rings is 2. The Bertz CT molecular complexity index is 2200. The van der Waals surface area contributed by atoms with Crippen LogP contribution in [0.15, 0.2) is 116 Å². The normalized spacial score (nSPS) is 11.9. The molecular weight excluding hydrogens is 758 g/mol. The van der Waals surface area contributed by atoms with E-state index < -0.39 is 0 Å². The molecule has 3 aromatic heterocycles. The van der Waals surface area contributed by atoms with E-state index in [9.17, 15) is 0 Å². The van der Waals surface area contributed by atoms with Crippen LogP contribution in [-0.4, -0.2) is 14.5 Å². The summed E-state index contributed by atoms with van der Waals surface area (Å²) in [5.74, 6) is 2.10. The van der Waals surface area contributed by atoms with Gasteiger partial charge in [-0.1, -0.05) is 114 Å². The smallest absolute Gasteiger partial charge is 0.503 e. The molecule has 0 radical (unpaired) electrons. The summed E-state index contributed by atoms with van der Waals surface area (Å²) in [5.41, 5.74) is 8.25. The zero-order chi connectivity index (χ0) is 32.1. The molecule has 3 heterocycles. The van der Waals surface area contributed by atoms with E-state index in [1.54, 1.807) is 0 Å². The first-order chi connectivity index (χ1) is 22.0. The van der Waals surface area contributed by atoms with E-state index >= 15 is 0 Å². The molecule has 4 aromatic carbocycles. The van der Waals surface area contributed by atoms with Gasteiger partial charge < -0.3 is 14.3 Å². The van der Waals surface area contributed by atoms with Crippen molar-refractivity contribution in [1.29, 1.82) is 0 Å². The van der Waals surface area contributed by atoms with E-state index in [1.165, 1.54) is 5.56 Å². The SMILES string of the molecule is CC(C)(C)c1cc(Oc2[c-]c3c(cc2)c2ccccc2n3-c2cc(C(C)(C)C)ccn2)[c-]c(-c2cc(-c3ccccc3)ccn2)c1.[Pt+2]. The Hall–Kier alpha value is -4.53. The standard InChI is InChI=1S/C42H37N3O.Pt/c1-41(2,3)31-19-21-44-40(26-31)45-38-15-11-10-14-35(38)36-17-16-33(27-39(36)45)46-34-23-30(22-32(25-34)42(4,5)6)37-24-29(18-20-43-37)28-12-8-7-9-13-28;/h7-22,24-26H,1-6H3;/q-2;+2. The van der Waals surface area contributed by atoms with Crippen LogP contribution in [0.25, 0.3) is 50.0 Å². The summed E-state index contributed by atoms with van der Waals surface area (Å²) < 4.78 is 8.78. The first-order valence-corrected chi connectivity index (χ1v) is 15.7. The number of rotatable bonds is 5. The molecule has 0 N–H and O–H groups in total. The molecule has 47 heavy (non-hydrogen) atoms. The number of para-hydroxylation sites is 1. The van der Waals surface area contributed by atoms with E-state index in [0.29, 0.717) is 11.5 Å². The van der Waals surface area contributed by atoms with Crippen LogP contribution in [-0.2, 0) is 31.9 Å². The minimum atomic E-state index is -0.108. The third-order valence-electron chi connectivity index (χ3n) is 8.47. The molecule has 0 amide bonds. The minimum absolute atomic E-state index is 0. The van der Waals surface area contributed by atoms with Crippen LogP contribution in [0.3, 0.4) is 0 Å². The van der Waals surface area contributed by atoms with Crippen molar-refractivity contribution in [2.45, 2.75) is 52.4 Å². The second-order valence-corrected chi connectivity index (χ2v) is 13.9. The van der Waals surface area contributed by atoms with E-state index in [-0.39, 0.29) is 31.9 Å². The van der Waals surface area contributed by atoms with Crippen molar-refractivity contribution in [3.05, 3.63) is 139 Å². The first kappa shape index (κ1) is 32.4. The Kier molecular flexibility index (Phi) is 8.68. The number of hydrogen-bond acceptors (Lipinski definition) is 3. The molecule has 236 valence electrons. The summed E-state index contributed by atoms with van der Waals surface area (Å²) in [5, 5.41) is 2.25. The van der Waals surface area contributed by atoms with Crippen molar-refractivity contribution in [2.75, 3.05) is 0 Å². The Labute approximate surface area is 291 Å². The Morgan fingerprint density at radius 2 is 1.32 bits per heavy atom. The summed E-state index contributed by atoms with van der Waals surface area (Å²) in [4.78, 5) is 9.55. The molecule has 0 unspecified atom stereocenters. The number of hydrogen-bond donors (Lipinski definition) is 0. The molecule has 0 atom stereocenters. The summed E-state index contributed by atoms with van der Waals surface area (Å²) in [6.45, 7) is 13.3. The molecule has 7 rings (SSSR count). The van der Waals surface area contributed by atoms with Crippen molar-refractivity contribution in [1.82, 2.24) is 14.5 Å². The van der Waals surface area contributed by atoms with E-state index in [0.717, 1.165) is 55.6 Å². The van der Waals surface area contributed by atoms with Gasteiger partial charge in [0, 0.05) is 29.4 Å². The zero-order valence-electron chi connectivity index (χ0n) is 27.5. The van der Waals surface area contributed by atoms with Crippen LogP contribution in [0.5, 0.6) is 11.5 Å². The van der Waals surface area contributed by atoms with Crippen LogP contribution >= 0.6 is 0 Å². The topological polar surface area (TPSA) is 39.9 Å². The van der Waals surface area contributed by atoms with Crippen LogP contribution in [0.2, 0.25) is 0 Å². The number of benzene rings is 4. The van der Waals surface area contributed by atoms with Gasteiger partial charge in [0.2, 0.25) is 0 Å². The molecule has 4 nitrogen and oxygen atoms in total. The second-order valence-electron chi connectivity index (χ2n) is 13.9. The van der Waals surface area contributed by atoms with E-state index in [1.807, 2.05) is 30.6 Å². The van der Waals surface area contributed by atoms with Gasteiger partial charge in [0.1, 0.15) is 5.82 Å². The maximum absolute atomic E-state index is 6.59. The van der Waals surface area contributed by atoms with Gasteiger partial charge in [-0.2, -0.15) is 6.07 Å². The fraction of sp³-hybridized carbons (Fsp3) is 0.190. The Morgan fingerprint density at radius 3 is 2.09 bits per heavy atom. The van der Waals surface area contributed by atoms with Crippen molar-refractivity contribution in [3.8, 4) is 39.7 Å². The molecule has 0 saturated carbocycles. The van der Waals surface area contributed by atoms with Crippen molar-refractivity contribution in [3.63, 3.8) is 0 Å². The van der Waals surface area contributed by atoms with E-state index in [4.69, 9.17) is 14.7 Å². The number of ether oxygens (including phenoxy) is 1. The third kappa shape index (κ3) is 6.53.